The van der Waals surface area contributed by atoms with Crippen LogP contribution < -0.4 is 0 Å². The van der Waals surface area contributed by atoms with Crippen molar-refractivity contribution in [3.05, 3.63) is 187 Å². The van der Waals surface area contributed by atoms with Crippen LogP contribution in [0.5, 0.6) is 0 Å². The third kappa shape index (κ3) is 4.81. The van der Waals surface area contributed by atoms with E-state index in [9.17, 15) is 0 Å². The number of benzene rings is 7. The molecule has 1 aliphatic heterocycles. The molecule has 0 spiro atoms. The molecule has 3 heteroatoms. The first-order chi connectivity index (χ1) is 23.3. The third-order valence-electron chi connectivity index (χ3n) is 9.19. The van der Waals surface area contributed by atoms with E-state index in [1.165, 1.54) is 16.5 Å². The van der Waals surface area contributed by atoms with Gasteiger partial charge in [0.2, 0.25) is 0 Å². The second-order valence-corrected chi connectivity index (χ2v) is 12.0. The largest absolute Gasteiger partial charge is 0.252 e. The number of hydrogen-bond donors (Lipinski definition) is 0. The van der Waals surface area contributed by atoms with Crippen LogP contribution in [-0.2, 0) is 0 Å². The number of aromatic nitrogens is 2. The Hall–Kier alpha value is -6.19. The van der Waals surface area contributed by atoms with Crippen molar-refractivity contribution in [2.24, 2.45) is 4.99 Å². The zero-order valence-electron chi connectivity index (χ0n) is 25.6. The molecular weight excluding hydrogens is 571 g/mol. The van der Waals surface area contributed by atoms with Gasteiger partial charge in [-0.3, -0.25) is 4.99 Å². The maximum atomic E-state index is 5.13. The van der Waals surface area contributed by atoms with Crippen LogP contribution in [0.1, 0.15) is 22.6 Å². The van der Waals surface area contributed by atoms with Gasteiger partial charge in [0, 0.05) is 21.9 Å². The smallest absolute Gasteiger partial charge is 0.160 e. The number of rotatable bonds is 5. The summed E-state index contributed by atoms with van der Waals surface area (Å²) in [5.74, 6) is 0.855. The maximum Gasteiger partial charge on any atom is 0.160 e. The van der Waals surface area contributed by atoms with Gasteiger partial charge in [0.15, 0.2) is 5.82 Å². The van der Waals surface area contributed by atoms with Crippen molar-refractivity contribution in [3.63, 3.8) is 0 Å². The standard InChI is InChI=1S/C44H29N3/c1-3-12-32(13-4-1)40-37-17-9-10-18-39(37)45-42(40)34-25-21-30(22-26-34)29-19-23-33(24-20-29)41-38-28-27-31-11-7-8-16-36(31)43(38)47-44(46-41)35-14-5-2-6-15-35/h1-28,40H. The Labute approximate surface area is 273 Å². The molecule has 0 N–H and O–H groups in total. The minimum absolute atomic E-state index is 0.123. The van der Waals surface area contributed by atoms with E-state index in [-0.39, 0.29) is 5.92 Å². The molecule has 9 rings (SSSR count). The fourth-order valence-electron chi connectivity index (χ4n) is 6.84. The average Bonchev–Trinajstić information content (AvgIpc) is 3.55. The predicted molar refractivity (Wildman–Crippen MR) is 194 cm³/mol. The fraction of sp³-hybridized carbons (Fsp3) is 0.0227. The molecule has 1 unspecified atom stereocenters. The van der Waals surface area contributed by atoms with E-state index in [1.807, 2.05) is 18.2 Å². The summed E-state index contributed by atoms with van der Waals surface area (Å²) < 4.78 is 0. The van der Waals surface area contributed by atoms with Gasteiger partial charge in [0.25, 0.3) is 0 Å². The molecule has 220 valence electrons. The molecule has 2 heterocycles. The highest BCUT2D eigenvalue weighted by molar-refractivity contribution is 6.12. The van der Waals surface area contributed by atoms with Gasteiger partial charge in [-0.2, -0.15) is 0 Å². The molecule has 1 atom stereocenters. The molecule has 0 saturated carbocycles. The van der Waals surface area contributed by atoms with Crippen molar-refractivity contribution < 1.29 is 0 Å². The van der Waals surface area contributed by atoms with E-state index in [0.29, 0.717) is 0 Å². The van der Waals surface area contributed by atoms with Gasteiger partial charge >= 0.3 is 0 Å². The molecule has 1 aromatic heterocycles. The van der Waals surface area contributed by atoms with Crippen LogP contribution in [0.15, 0.2) is 175 Å². The predicted octanol–water partition coefficient (Wildman–Crippen LogP) is 11.1. The van der Waals surface area contributed by atoms with Gasteiger partial charge in [-0.15, -0.1) is 0 Å². The van der Waals surface area contributed by atoms with Crippen LogP contribution in [0.25, 0.3) is 55.4 Å². The monoisotopic (exact) mass is 599 g/mol. The van der Waals surface area contributed by atoms with Crippen molar-refractivity contribution in [2.45, 2.75) is 5.92 Å². The first-order valence-corrected chi connectivity index (χ1v) is 16.0. The van der Waals surface area contributed by atoms with Crippen molar-refractivity contribution in [2.75, 3.05) is 0 Å². The molecule has 0 saturated heterocycles. The average molecular weight is 600 g/mol. The summed E-state index contributed by atoms with van der Waals surface area (Å²) in [6.07, 6.45) is 0. The van der Waals surface area contributed by atoms with E-state index >= 15 is 0 Å². The summed E-state index contributed by atoms with van der Waals surface area (Å²) in [4.78, 5) is 15.3. The molecule has 3 nitrogen and oxygen atoms in total. The summed E-state index contributed by atoms with van der Waals surface area (Å²) in [6.45, 7) is 0. The summed E-state index contributed by atoms with van der Waals surface area (Å²) in [7, 11) is 0. The lowest BCUT2D eigenvalue weighted by Gasteiger charge is -2.16. The fourth-order valence-corrected chi connectivity index (χ4v) is 6.84. The summed E-state index contributed by atoms with van der Waals surface area (Å²) in [5.41, 5.74) is 12.1. The number of hydrogen-bond acceptors (Lipinski definition) is 3. The van der Waals surface area contributed by atoms with Crippen LogP contribution in [0.4, 0.5) is 5.69 Å². The van der Waals surface area contributed by atoms with Crippen LogP contribution in [0.3, 0.4) is 0 Å². The second kappa shape index (κ2) is 11.3. The van der Waals surface area contributed by atoms with Crippen molar-refractivity contribution in [3.8, 4) is 33.8 Å². The molecule has 7 aromatic carbocycles. The number of para-hydroxylation sites is 1. The lowest BCUT2D eigenvalue weighted by atomic mass is 9.85. The quantitative estimate of drug-likeness (QED) is 0.185. The third-order valence-corrected chi connectivity index (χ3v) is 9.19. The molecular formula is C44H29N3. The Bertz CT molecular complexity index is 2430. The van der Waals surface area contributed by atoms with E-state index in [1.54, 1.807) is 0 Å². The number of aliphatic imine (C=N–C) groups is 1. The summed E-state index contributed by atoms with van der Waals surface area (Å²) >= 11 is 0. The van der Waals surface area contributed by atoms with Gasteiger partial charge in [-0.05, 0) is 45.3 Å². The van der Waals surface area contributed by atoms with E-state index < -0.39 is 0 Å². The van der Waals surface area contributed by atoms with Gasteiger partial charge in [-0.1, -0.05) is 158 Å². The topological polar surface area (TPSA) is 38.1 Å². The second-order valence-electron chi connectivity index (χ2n) is 12.0. The van der Waals surface area contributed by atoms with Gasteiger partial charge in [-0.25, -0.2) is 9.97 Å². The van der Waals surface area contributed by atoms with Crippen molar-refractivity contribution >= 4 is 33.1 Å². The van der Waals surface area contributed by atoms with Crippen LogP contribution in [-0.4, -0.2) is 15.7 Å². The summed E-state index contributed by atoms with van der Waals surface area (Å²) in [6, 6.07) is 59.7. The molecule has 0 radical (unpaired) electrons. The van der Waals surface area contributed by atoms with E-state index in [0.717, 1.165) is 67.0 Å². The van der Waals surface area contributed by atoms with Crippen LogP contribution >= 0.6 is 0 Å². The Morgan fingerprint density at radius 3 is 1.79 bits per heavy atom. The Balaban J connectivity index is 1.08. The first-order valence-electron chi connectivity index (χ1n) is 16.0. The highest BCUT2D eigenvalue weighted by atomic mass is 14.9. The molecule has 47 heavy (non-hydrogen) atoms. The Morgan fingerprint density at radius 2 is 1.02 bits per heavy atom. The molecule has 1 aliphatic rings. The van der Waals surface area contributed by atoms with Gasteiger partial charge in [0.1, 0.15) is 0 Å². The summed E-state index contributed by atoms with van der Waals surface area (Å²) in [5, 5.41) is 3.35. The number of nitrogens with zero attached hydrogens (tertiary/aromatic N) is 3. The Morgan fingerprint density at radius 1 is 0.404 bits per heavy atom. The van der Waals surface area contributed by atoms with E-state index in [2.05, 4.69) is 152 Å². The molecule has 0 bridgehead atoms. The van der Waals surface area contributed by atoms with Crippen LogP contribution in [0, 0.1) is 0 Å². The normalized spacial score (nSPS) is 13.9. The molecule has 0 amide bonds. The van der Waals surface area contributed by atoms with Gasteiger partial charge in [0.05, 0.1) is 28.5 Å². The SMILES string of the molecule is c1ccc(-c2nc(-c3ccc(-c4ccc(C5=Nc6ccccc6C5c5ccccc5)cc4)cc3)c3ccc4ccccc4c3n2)cc1. The van der Waals surface area contributed by atoms with Crippen molar-refractivity contribution in [1.82, 2.24) is 9.97 Å². The maximum absolute atomic E-state index is 5.13. The van der Waals surface area contributed by atoms with Gasteiger partial charge < -0.3 is 0 Å². The molecule has 0 fully saturated rings. The zero-order valence-corrected chi connectivity index (χ0v) is 25.6. The highest BCUT2D eigenvalue weighted by Crippen LogP contribution is 2.42. The minimum Gasteiger partial charge on any atom is -0.252 e. The lowest BCUT2D eigenvalue weighted by Crippen LogP contribution is -2.11. The zero-order chi connectivity index (χ0) is 31.2. The van der Waals surface area contributed by atoms with E-state index in [4.69, 9.17) is 15.0 Å². The lowest BCUT2D eigenvalue weighted by molar-refractivity contribution is 1.11. The number of fused-ring (bicyclic) bond motifs is 4. The molecule has 8 aromatic rings. The highest BCUT2D eigenvalue weighted by Gasteiger charge is 2.29. The van der Waals surface area contributed by atoms with Crippen molar-refractivity contribution in [1.29, 1.82) is 0 Å². The minimum atomic E-state index is 0.123. The molecule has 0 aliphatic carbocycles. The van der Waals surface area contributed by atoms with Crippen LogP contribution in [0.2, 0.25) is 0 Å². The first kappa shape index (κ1) is 27.1. The Kier molecular flexibility index (Phi) is 6.53.